The highest BCUT2D eigenvalue weighted by Gasteiger charge is 2.17. The molecule has 132 valence electrons. The van der Waals surface area contributed by atoms with E-state index < -0.39 is 6.10 Å². The van der Waals surface area contributed by atoms with E-state index in [9.17, 15) is 5.11 Å². The minimum Gasteiger partial charge on any atom is -0.467 e. The van der Waals surface area contributed by atoms with Crippen LogP contribution >= 0.6 is 0 Å². The molecular formula is C20H29NO3. The van der Waals surface area contributed by atoms with Crippen molar-refractivity contribution in [1.29, 1.82) is 0 Å². The standard InChI is InChI=1S/C20H29NO3/c1-4-17(3)21(12-18-8-5-7-16(2)11-18)13-19(22)14-23-15-20-9-6-10-24-20/h5-11,17,19,22H,4,12-15H2,1-3H3. The second kappa shape index (κ2) is 9.62. The number of hydrogen-bond acceptors (Lipinski definition) is 4. The molecule has 0 aliphatic rings. The fourth-order valence-corrected chi connectivity index (χ4v) is 2.72. The molecular weight excluding hydrogens is 302 g/mol. The van der Waals surface area contributed by atoms with Crippen molar-refractivity contribution in [2.24, 2.45) is 0 Å². The van der Waals surface area contributed by atoms with Crippen molar-refractivity contribution in [1.82, 2.24) is 4.90 Å². The first-order valence-electron chi connectivity index (χ1n) is 8.66. The Hall–Kier alpha value is -1.62. The zero-order valence-corrected chi connectivity index (χ0v) is 14.9. The second-order valence-electron chi connectivity index (χ2n) is 6.42. The molecule has 0 bridgehead atoms. The Morgan fingerprint density at radius 2 is 2.08 bits per heavy atom. The zero-order chi connectivity index (χ0) is 17.4. The molecule has 0 aliphatic carbocycles. The highest BCUT2D eigenvalue weighted by atomic mass is 16.5. The van der Waals surface area contributed by atoms with Crippen LogP contribution in [-0.4, -0.2) is 35.3 Å². The van der Waals surface area contributed by atoms with Crippen LogP contribution in [0.5, 0.6) is 0 Å². The molecule has 4 nitrogen and oxygen atoms in total. The topological polar surface area (TPSA) is 45.8 Å². The van der Waals surface area contributed by atoms with Crippen LogP contribution in [0.1, 0.15) is 37.2 Å². The number of ether oxygens (including phenoxy) is 1. The molecule has 2 unspecified atom stereocenters. The molecule has 0 radical (unpaired) electrons. The first kappa shape index (κ1) is 18.7. The van der Waals surface area contributed by atoms with E-state index >= 15 is 0 Å². The number of aliphatic hydroxyl groups is 1. The quantitative estimate of drug-likeness (QED) is 0.720. The number of benzene rings is 1. The maximum absolute atomic E-state index is 10.3. The fourth-order valence-electron chi connectivity index (χ4n) is 2.72. The van der Waals surface area contributed by atoms with Crippen LogP contribution in [0.25, 0.3) is 0 Å². The van der Waals surface area contributed by atoms with Gasteiger partial charge >= 0.3 is 0 Å². The van der Waals surface area contributed by atoms with E-state index in [-0.39, 0.29) is 0 Å². The number of aliphatic hydroxyl groups excluding tert-OH is 1. The van der Waals surface area contributed by atoms with Gasteiger partial charge in [-0.1, -0.05) is 36.8 Å². The molecule has 1 heterocycles. The van der Waals surface area contributed by atoms with E-state index in [4.69, 9.17) is 9.15 Å². The van der Waals surface area contributed by atoms with Gasteiger partial charge in [-0.15, -0.1) is 0 Å². The van der Waals surface area contributed by atoms with Crippen molar-refractivity contribution < 1.29 is 14.3 Å². The van der Waals surface area contributed by atoms with E-state index in [0.29, 0.717) is 25.8 Å². The van der Waals surface area contributed by atoms with E-state index in [1.54, 1.807) is 6.26 Å². The summed E-state index contributed by atoms with van der Waals surface area (Å²) in [7, 11) is 0. The molecule has 2 atom stereocenters. The average molecular weight is 331 g/mol. The monoisotopic (exact) mass is 331 g/mol. The molecule has 2 aromatic rings. The summed E-state index contributed by atoms with van der Waals surface area (Å²) in [4.78, 5) is 2.32. The molecule has 0 fully saturated rings. The van der Waals surface area contributed by atoms with Gasteiger partial charge in [0.05, 0.1) is 19.0 Å². The number of furan rings is 1. The molecule has 2 rings (SSSR count). The van der Waals surface area contributed by atoms with Gasteiger partial charge in [0.1, 0.15) is 12.4 Å². The third kappa shape index (κ3) is 6.11. The first-order chi connectivity index (χ1) is 11.6. The number of aryl methyl sites for hydroxylation is 1. The van der Waals surface area contributed by atoms with Gasteiger partial charge in [0.2, 0.25) is 0 Å². The third-order valence-electron chi connectivity index (χ3n) is 4.26. The summed E-state index contributed by atoms with van der Waals surface area (Å²) in [5.74, 6) is 0.778. The van der Waals surface area contributed by atoms with Gasteiger partial charge < -0.3 is 14.3 Å². The lowest BCUT2D eigenvalue weighted by molar-refractivity contribution is -0.00271. The Labute approximate surface area is 145 Å². The Morgan fingerprint density at radius 1 is 1.25 bits per heavy atom. The van der Waals surface area contributed by atoms with Gasteiger partial charge in [0.15, 0.2) is 0 Å². The van der Waals surface area contributed by atoms with Crippen molar-refractivity contribution in [2.75, 3.05) is 13.2 Å². The van der Waals surface area contributed by atoms with E-state index in [0.717, 1.165) is 18.7 Å². The predicted octanol–water partition coefficient (Wildman–Crippen LogP) is 3.77. The largest absolute Gasteiger partial charge is 0.467 e. The Morgan fingerprint density at radius 3 is 2.75 bits per heavy atom. The SMILES string of the molecule is CCC(C)N(Cc1cccc(C)c1)CC(O)COCc1ccco1. The summed E-state index contributed by atoms with van der Waals surface area (Å²) in [5.41, 5.74) is 2.54. The lowest BCUT2D eigenvalue weighted by Crippen LogP contribution is -2.39. The van der Waals surface area contributed by atoms with E-state index in [2.05, 4.69) is 49.9 Å². The minimum absolute atomic E-state index is 0.307. The van der Waals surface area contributed by atoms with Crippen LogP contribution in [0.3, 0.4) is 0 Å². The lowest BCUT2D eigenvalue weighted by atomic mass is 10.1. The molecule has 0 amide bonds. The first-order valence-corrected chi connectivity index (χ1v) is 8.66. The van der Waals surface area contributed by atoms with Crippen LogP contribution in [0, 0.1) is 6.92 Å². The molecule has 1 N–H and O–H groups in total. The van der Waals surface area contributed by atoms with Crippen molar-refractivity contribution in [2.45, 2.75) is 52.5 Å². The molecule has 0 saturated carbocycles. The predicted molar refractivity (Wildman–Crippen MR) is 95.7 cm³/mol. The maximum Gasteiger partial charge on any atom is 0.129 e. The van der Waals surface area contributed by atoms with Crippen molar-refractivity contribution in [3.63, 3.8) is 0 Å². The summed E-state index contributed by atoms with van der Waals surface area (Å²) < 4.78 is 10.8. The smallest absolute Gasteiger partial charge is 0.129 e. The maximum atomic E-state index is 10.3. The third-order valence-corrected chi connectivity index (χ3v) is 4.26. The lowest BCUT2D eigenvalue weighted by Gasteiger charge is -2.30. The number of rotatable bonds is 10. The van der Waals surface area contributed by atoms with Crippen LogP contribution in [0.4, 0.5) is 0 Å². The normalized spacial score (nSPS) is 14.0. The molecule has 1 aromatic carbocycles. The molecule has 0 spiro atoms. The van der Waals surface area contributed by atoms with Gasteiger partial charge in [0.25, 0.3) is 0 Å². The van der Waals surface area contributed by atoms with Gasteiger partial charge in [-0.05, 0) is 38.0 Å². The van der Waals surface area contributed by atoms with E-state index in [1.807, 2.05) is 12.1 Å². The Bertz CT molecular complexity index is 582. The van der Waals surface area contributed by atoms with E-state index in [1.165, 1.54) is 11.1 Å². The molecule has 1 aromatic heterocycles. The number of hydrogen-bond donors (Lipinski definition) is 1. The van der Waals surface area contributed by atoms with Crippen molar-refractivity contribution in [3.8, 4) is 0 Å². The van der Waals surface area contributed by atoms with Crippen molar-refractivity contribution in [3.05, 3.63) is 59.5 Å². The molecule has 4 heteroatoms. The van der Waals surface area contributed by atoms with Gasteiger partial charge in [-0.25, -0.2) is 0 Å². The van der Waals surface area contributed by atoms with Gasteiger partial charge in [-0.2, -0.15) is 0 Å². The van der Waals surface area contributed by atoms with Crippen LogP contribution in [0.2, 0.25) is 0 Å². The number of nitrogens with zero attached hydrogens (tertiary/aromatic N) is 1. The van der Waals surface area contributed by atoms with Crippen LogP contribution in [-0.2, 0) is 17.9 Å². The summed E-state index contributed by atoms with van der Waals surface area (Å²) >= 11 is 0. The highest BCUT2D eigenvalue weighted by molar-refractivity contribution is 5.22. The van der Waals surface area contributed by atoms with Crippen LogP contribution in [0.15, 0.2) is 47.1 Å². The zero-order valence-electron chi connectivity index (χ0n) is 14.9. The summed E-state index contributed by atoms with van der Waals surface area (Å²) in [6, 6.07) is 12.6. The average Bonchev–Trinajstić information content (AvgIpc) is 3.07. The van der Waals surface area contributed by atoms with Gasteiger partial charge in [0, 0.05) is 19.1 Å². The molecule has 0 saturated heterocycles. The van der Waals surface area contributed by atoms with Gasteiger partial charge in [-0.3, -0.25) is 4.90 Å². The highest BCUT2D eigenvalue weighted by Crippen LogP contribution is 2.13. The molecule has 0 aliphatic heterocycles. The Kier molecular flexibility index (Phi) is 7.50. The minimum atomic E-state index is -0.515. The second-order valence-corrected chi connectivity index (χ2v) is 6.42. The summed E-state index contributed by atoms with van der Waals surface area (Å²) in [6.07, 6.45) is 2.16. The fraction of sp³-hybridized carbons (Fsp3) is 0.500. The Balaban J connectivity index is 1.85. The molecule has 24 heavy (non-hydrogen) atoms. The summed E-state index contributed by atoms with van der Waals surface area (Å²) in [6.45, 7) is 8.62. The summed E-state index contributed by atoms with van der Waals surface area (Å²) in [5, 5.41) is 10.3. The van der Waals surface area contributed by atoms with Crippen LogP contribution < -0.4 is 0 Å². The van der Waals surface area contributed by atoms with Crippen molar-refractivity contribution >= 4 is 0 Å².